The summed E-state index contributed by atoms with van der Waals surface area (Å²) in [6.45, 7) is 14.4. The molecule has 3 saturated carbocycles. The van der Waals surface area contributed by atoms with Gasteiger partial charge in [0.1, 0.15) is 29.5 Å². The molecule has 5 aliphatic rings. The quantitative estimate of drug-likeness (QED) is 0.180. The lowest BCUT2D eigenvalue weighted by molar-refractivity contribution is -0.314. The molecule has 1 spiro atoms. The van der Waals surface area contributed by atoms with Crippen LogP contribution >= 0.6 is 0 Å². The predicted octanol–water partition coefficient (Wildman–Crippen LogP) is 3.45. The Kier molecular flexibility index (Phi) is 7.96. The van der Waals surface area contributed by atoms with Crippen molar-refractivity contribution in [3.8, 4) is 0 Å². The minimum atomic E-state index is -1.45. The average Bonchev–Trinajstić information content (AvgIpc) is 3.37. The zero-order valence-electron chi connectivity index (χ0n) is 28.4. The average molecular weight is 661 g/mol. The lowest BCUT2D eigenvalue weighted by atomic mass is 9.36. The lowest BCUT2D eigenvalue weighted by Gasteiger charge is -2.69. The van der Waals surface area contributed by atoms with Gasteiger partial charge >= 0.3 is 17.9 Å². The molecule has 2 saturated heterocycles. The maximum atomic E-state index is 13.8. The van der Waals surface area contributed by atoms with Crippen molar-refractivity contribution >= 4 is 24.4 Å². The molecular weight excluding hydrogens is 612 g/mol. The molecule has 1 aromatic rings. The molecule has 47 heavy (non-hydrogen) atoms. The fraction of sp³-hybridized carbons (Fsp3) is 0.771. The van der Waals surface area contributed by atoms with E-state index in [0.29, 0.717) is 19.3 Å². The first kappa shape index (κ1) is 33.9. The van der Waals surface area contributed by atoms with E-state index in [-0.39, 0.29) is 24.9 Å². The Hall–Kier alpha value is -2.96. The minimum Gasteiger partial charge on any atom is -0.472 e. The lowest BCUT2D eigenvalue weighted by Crippen LogP contribution is -2.79. The summed E-state index contributed by atoms with van der Waals surface area (Å²) in [5.74, 6) is -4.25. The molecule has 3 heterocycles. The van der Waals surface area contributed by atoms with E-state index in [2.05, 4.69) is 0 Å². The third-order valence-electron chi connectivity index (χ3n) is 13.3. The minimum absolute atomic E-state index is 0.164. The molecule has 0 bridgehead atoms. The Morgan fingerprint density at radius 1 is 1.13 bits per heavy atom. The van der Waals surface area contributed by atoms with Gasteiger partial charge in [0.2, 0.25) is 0 Å². The topological polar surface area (TPSA) is 171 Å². The van der Waals surface area contributed by atoms with Gasteiger partial charge in [-0.15, -0.1) is 0 Å². The monoisotopic (exact) mass is 660 g/mol. The van der Waals surface area contributed by atoms with Crippen LogP contribution in [0.15, 0.2) is 23.0 Å². The summed E-state index contributed by atoms with van der Waals surface area (Å²) in [6.07, 6.45) is -2.24. The maximum absolute atomic E-state index is 13.8. The second kappa shape index (κ2) is 11.0. The molecule has 2 N–H and O–H groups in total. The van der Waals surface area contributed by atoms with Crippen LogP contribution in [0.4, 0.5) is 0 Å². The zero-order chi connectivity index (χ0) is 34.5. The van der Waals surface area contributed by atoms with Crippen molar-refractivity contribution in [2.45, 2.75) is 135 Å². The number of carbonyl (C=O) groups excluding carboxylic acids is 4. The number of cyclic esters (lactones) is 1. The van der Waals surface area contributed by atoms with E-state index in [9.17, 15) is 29.4 Å². The number of rotatable bonds is 8. The van der Waals surface area contributed by atoms with Gasteiger partial charge < -0.3 is 38.3 Å². The second-order valence-corrected chi connectivity index (χ2v) is 15.7. The maximum Gasteiger partial charge on any atom is 0.335 e. The van der Waals surface area contributed by atoms with Crippen LogP contribution in [-0.4, -0.2) is 82.4 Å². The smallest absolute Gasteiger partial charge is 0.335 e. The SMILES string of the molecule is CC[C@@H](C)[C@H](O)C(=O)O[C@H]1[C@H](OC=O)[C@@H]2[C@@]3(C)[C@@H](OC(C)=O)CC(=O)OC(C)(C)[C@@H]3C[C@@H](O)[C@@]2(C)[C@@]23O[C@@H]2C[C@@H](c2ccoc2)[C@]13C. The first-order valence-corrected chi connectivity index (χ1v) is 16.7. The highest BCUT2D eigenvalue weighted by molar-refractivity contribution is 5.75. The third-order valence-corrected chi connectivity index (χ3v) is 13.3. The molecular formula is C35H48O12. The van der Waals surface area contributed by atoms with Crippen molar-refractivity contribution in [2.75, 3.05) is 0 Å². The summed E-state index contributed by atoms with van der Waals surface area (Å²) in [5.41, 5.74) is -4.87. The van der Waals surface area contributed by atoms with Crippen LogP contribution in [0, 0.1) is 34.0 Å². The number of furan rings is 1. The van der Waals surface area contributed by atoms with Crippen molar-refractivity contribution < 1.29 is 57.5 Å². The molecule has 0 unspecified atom stereocenters. The van der Waals surface area contributed by atoms with Crippen LogP contribution < -0.4 is 0 Å². The molecule has 12 nitrogen and oxygen atoms in total. The Labute approximate surface area is 274 Å². The number of ether oxygens (including phenoxy) is 5. The molecule has 2 aliphatic heterocycles. The van der Waals surface area contributed by atoms with Crippen LogP contribution in [0.2, 0.25) is 0 Å². The highest BCUT2D eigenvalue weighted by Crippen LogP contribution is 2.82. The van der Waals surface area contributed by atoms with E-state index in [1.807, 2.05) is 33.8 Å². The normalized spacial score (nSPS) is 45.8. The van der Waals surface area contributed by atoms with E-state index in [4.69, 9.17) is 28.1 Å². The molecule has 12 heteroatoms. The van der Waals surface area contributed by atoms with Gasteiger partial charge in [0.25, 0.3) is 6.47 Å². The Bertz CT molecular complexity index is 1420. The van der Waals surface area contributed by atoms with Crippen LogP contribution in [0.1, 0.15) is 92.6 Å². The largest absolute Gasteiger partial charge is 0.472 e. The van der Waals surface area contributed by atoms with Gasteiger partial charge in [-0.3, -0.25) is 14.4 Å². The van der Waals surface area contributed by atoms with E-state index < -0.39 is 93.6 Å². The molecule has 3 aliphatic carbocycles. The number of aliphatic hydroxyl groups is 2. The van der Waals surface area contributed by atoms with Crippen LogP contribution in [0.3, 0.4) is 0 Å². The van der Waals surface area contributed by atoms with Gasteiger partial charge in [-0.25, -0.2) is 4.79 Å². The summed E-state index contributed by atoms with van der Waals surface area (Å²) < 4.78 is 36.6. The van der Waals surface area contributed by atoms with Gasteiger partial charge in [0, 0.05) is 40.9 Å². The first-order valence-electron chi connectivity index (χ1n) is 16.7. The number of carbonyl (C=O) groups is 4. The molecule has 6 rings (SSSR count). The molecule has 0 radical (unpaired) electrons. The van der Waals surface area contributed by atoms with E-state index >= 15 is 0 Å². The number of fused-ring (bicyclic) bond motifs is 3. The van der Waals surface area contributed by atoms with E-state index in [0.717, 1.165) is 5.56 Å². The van der Waals surface area contributed by atoms with Crippen LogP contribution in [0.5, 0.6) is 0 Å². The summed E-state index contributed by atoms with van der Waals surface area (Å²) in [4.78, 5) is 52.3. The molecule has 0 amide bonds. The fourth-order valence-electron chi connectivity index (χ4n) is 11.2. The number of esters is 3. The van der Waals surface area contributed by atoms with Gasteiger partial charge in [0.05, 0.1) is 31.2 Å². The van der Waals surface area contributed by atoms with Gasteiger partial charge in [-0.05, 0) is 44.2 Å². The number of hydrogen-bond donors (Lipinski definition) is 2. The van der Waals surface area contributed by atoms with Gasteiger partial charge in [-0.2, -0.15) is 0 Å². The van der Waals surface area contributed by atoms with Crippen molar-refractivity contribution in [1.82, 2.24) is 0 Å². The van der Waals surface area contributed by atoms with Gasteiger partial charge in [-0.1, -0.05) is 41.0 Å². The zero-order valence-corrected chi connectivity index (χ0v) is 28.4. The van der Waals surface area contributed by atoms with Crippen molar-refractivity contribution in [3.63, 3.8) is 0 Å². The summed E-state index contributed by atoms with van der Waals surface area (Å²) >= 11 is 0. The Morgan fingerprint density at radius 2 is 1.83 bits per heavy atom. The molecule has 1 aromatic heterocycles. The highest BCUT2D eigenvalue weighted by Gasteiger charge is 2.92. The standard InChI is InChI=1S/C35H48O12/c1-9-17(2)26(40)30(41)45-29-27(43-16-36)28-32(6)21(31(4,5)47-25(39)14-23(32)44-18(3)37)13-22(38)34(28,8)35-24(46-35)12-20(33(29,35)7)19-10-11-42-15-19/h10-11,15-17,20-24,26-29,38,40H,9,12-14H2,1-8H3/t17-,20+,21+,22-,23+,24-,26+,27-,28-,29+,32-,33-,34-,35-/m1/s1. The van der Waals surface area contributed by atoms with Crippen LogP contribution in [-0.2, 0) is 42.9 Å². The van der Waals surface area contributed by atoms with Crippen molar-refractivity contribution in [1.29, 1.82) is 0 Å². The predicted molar refractivity (Wildman–Crippen MR) is 162 cm³/mol. The van der Waals surface area contributed by atoms with Crippen molar-refractivity contribution in [2.24, 2.45) is 34.0 Å². The summed E-state index contributed by atoms with van der Waals surface area (Å²) in [7, 11) is 0. The van der Waals surface area contributed by atoms with Crippen LogP contribution in [0.25, 0.3) is 0 Å². The second-order valence-electron chi connectivity index (χ2n) is 15.7. The number of epoxide rings is 1. The molecule has 0 aromatic carbocycles. The molecule has 14 atom stereocenters. The first-order chi connectivity index (χ1) is 22.0. The van der Waals surface area contributed by atoms with E-state index in [1.54, 1.807) is 33.3 Å². The fourth-order valence-corrected chi connectivity index (χ4v) is 11.2. The number of hydrogen-bond acceptors (Lipinski definition) is 12. The van der Waals surface area contributed by atoms with Gasteiger partial charge in [0.15, 0.2) is 6.10 Å². The highest BCUT2D eigenvalue weighted by atomic mass is 16.6. The summed E-state index contributed by atoms with van der Waals surface area (Å²) in [6, 6.07) is 1.84. The Balaban J connectivity index is 1.62. The summed E-state index contributed by atoms with van der Waals surface area (Å²) in [5, 5.41) is 23.5. The van der Waals surface area contributed by atoms with Crippen molar-refractivity contribution in [3.05, 3.63) is 24.2 Å². The van der Waals surface area contributed by atoms with E-state index in [1.165, 1.54) is 6.92 Å². The molecule has 5 fully saturated rings. The molecule has 260 valence electrons. The third kappa shape index (κ3) is 4.35. The Morgan fingerprint density at radius 3 is 2.43 bits per heavy atom. The number of aliphatic hydroxyl groups excluding tert-OH is 2.